The lowest BCUT2D eigenvalue weighted by molar-refractivity contribution is -0.131. The molecule has 2 aromatic rings. The normalized spacial score (nSPS) is 21.0. The minimum atomic E-state index is -4.03. The van der Waals surface area contributed by atoms with Gasteiger partial charge < -0.3 is 14.6 Å². The van der Waals surface area contributed by atoms with Crippen LogP contribution >= 0.6 is 11.6 Å². The average molecular weight is 413 g/mol. The van der Waals surface area contributed by atoms with Gasteiger partial charge in [0.2, 0.25) is 5.91 Å². The fraction of sp³-hybridized carbons (Fsp3) is 0.278. The number of aliphatic hydroxyl groups is 1. The highest BCUT2D eigenvalue weighted by molar-refractivity contribution is 7.95. The number of hydrogen-bond donors (Lipinski definition) is 1. The van der Waals surface area contributed by atoms with Gasteiger partial charge in [-0.1, -0.05) is 27.9 Å². The van der Waals surface area contributed by atoms with Crippen molar-refractivity contribution in [2.75, 3.05) is 19.6 Å². The highest BCUT2D eigenvalue weighted by Crippen LogP contribution is 2.24. The minimum Gasteiger partial charge on any atom is -0.593 e. The molecule has 2 atom stereocenters. The van der Waals surface area contributed by atoms with E-state index in [1.807, 2.05) is 0 Å². The maximum atomic E-state index is 13.1. The molecule has 27 heavy (non-hydrogen) atoms. The van der Waals surface area contributed by atoms with Gasteiger partial charge >= 0.3 is 0 Å². The van der Waals surface area contributed by atoms with E-state index in [0.717, 1.165) is 34.1 Å². The zero-order valence-corrected chi connectivity index (χ0v) is 15.8. The molecule has 1 N–H and O–H groups in total. The van der Waals surface area contributed by atoms with Crippen LogP contribution in [0.3, 0.4) is 0 Å². The topological polar surface area (TPSA) is 83.9 Å². The molecule has 2 unspecified atom stereocenters. The Bertz CT molecular complexity index is 863. The molecule has 0 saturated carbocycles. The number of sulfonamides is 1. The van der Waals surface area contributed by atoms with Gasteiger partial charge in [0.25, 0.3) is 0 Å². The van der Waals surface area contributed by atoms with E-state index in [2.05, 4.69) is 0 Å². The fourth-order valence-electron chi connectivity index (χ4n) is 2.87. The Morgan fingerprint density at radius 1 is 1.15 bits per heavy atom. The van der Waals surface area contributed by atoms with Gasteiger partial charge in [-0.3, -0.25) is 4.79 Å². The third kappa shape index (κ3) is 4.72. The fourth-order valence-corrected chi connectivity index (χ4v) is 4.42. The standard InChI is InChI=1S/C18H18ClFN2O4S/c19-14-3-1-13(2-4-14)9-21-10-16(23)11-22(12-18(21)24)27(25,26)17-7-5-15(20)6-8-17/h1-8,16,23H,9-12H2. The number of benzene rings is 2. The Balaban J connectivity index is 1.78. The average Bonchev–Trinajstić information content (AvgIpc) is 2.76. The third-order valence-electron chi connectivity index (χ3n) is 4.25. The van der Waals surface area contributed by atoms with E-state index in [1.54, 1.807) is 24.3 Å². The maximum absolute atomic E-state index is 13.1. The van der Waals surface area contributed by atoms with E-state index in [-0.39, 0.29) is 24.5 Å². The monoisotopic (exact) mass is 412 g/mol. The number of nitrogens with zero attached hydrogens (tertiary/aromatic N) is 2. The lowest BCUT2D eigenvalue weighted by Gasteiger charge is -2.26. The quantitative estimate of drug-likeness (QED) is 0.779. The van der Waals surface area contributed by atoms with Crippen molar-refractivity contribution in [2.45, 2.75) is 17.5 Å². The van der Waals surface area contributed by atoms with Gasteiger partial charge in [-0.15, -0.1) is 4.31 Å². The summed E-state index contributed by atoms with van der Waals surface area (Å²) < 4.78 is 39.5. The number of carbonyl (C=O) groups excluding carboxylic acids is 1. The second-order valence-corrected chi connectivity index (χ2v) is 8.68. The summed E-state index contributed by atoms with van der Waals surface area (Å²) in [5.74, 6) is -0.984. The number of β-amino-alcohol motifs (C(OH)–C–C–N with tert-alkyl or cyclic N) is 1. The Labute approximate surface area is 162 Å². The van der Waals surface area contributed by atoms with Gasteiger partial charge in [-0.25, -0.2) is 4.39 Å². The molecule has 0 aliphatic carbocycles. The summed E-state index contributed by atoms with van der Waals surface area (Å²) >= 11 is 5.85. The number of amides is 1. The molecule has 1 heterocycles. The molecule has 0 spiro atoms. The molecule has 9 heteroatoms. The molecule has 1 amide bonds. The second kappa shape index (κ2) is 8.04. The molecule has 1 saturated heterocycles. The Kier molecular flexibility index (Phi) is 5.92. The lowest BCUT2D eigenvalue weighted by Crippen LogP contribution is -2.42. The molecule has 1 aliphatic heterocycles. The van der Waals surface area contributed by atoms with Crippen LogP contribution in [0.5, 0.6) is 0 Å². The van der Waals surface area contributed by atoms with Crippen molar-refractivity contribution in [1.82, 2.24) is 9.21 Å². The molecule has 6 nitrogen and oxygen atoms in total. The van der Waals surface area contributed by atoms with Crippen molar-refractivity contribution in [3.8, 4) is 0 Å². The number of halogens is 2. The van der Waals surface area contributed by atoms with Crippen molar-refractivity contribution in [3.63, 3.8) is 0 Å². The molecule has 0 radical (unpaired) electrons. The van der Waals surface area contributed by atoms with E-state index >= 15 is 0 Å². The van der Waals surface area contributed by atoms with Crippen LogP contribution in [-0.4, -0.2) is 50.5 Å². The first-order valence-electron chi connectivity index (χ1n) is 8.22. The smallest absolute Gasteiger partial charge is 0.241 e. The van der Waals surface area contributed by atoms with Crippen LogP contribution in [0.4, 0.5) is 4.39 Å². The van der Waals surface area contributed by atoms with Crippen LogP contribution in [-0.2, 0) is 25.9 Å². The predicted molar refractivity (Wildman–Crippen MR) is 97.9 cm³/mol. The molecule has 1 aliphatic rings. The van der Waals surface area contributed by atoms with Crippen LogP contribution < -0.4 is 0 Å². The Morgan fingerprint density at radius 3 is 2.41 bits per heavy atom. The lowest BCUT2D eigenvalue weighted by atomic mass is 10.2. The van der Waals surface area contributed by atoms with Crippen LogP contribution in [0.2, 0.25) is 5.02 Å². The summed E-state index contributed by atoms with van der Waals surface area (Å²) in [5.41, 5.74) is 0.815. The van der Waals surface area contributed by atoms with Crippen molar-refractivity contribution < 1.29 is 23.1 Å². The van der Waals surface area contributed by atoms with E-state index in [1.165, 1.54) is 4.90 Å². The first-order chi connectivity index (χ1) is 12.8. The van der Waals surface area contributed by atoms with Crippen LogP contribution in [0.1, 0.15) is 5.56 Å². The first kappa shape index (κ1) is 19.9. The van der Waals surface area contributed by atoms with Crippen molar-refractivity contribution in [2.24, 2.45) is 0 Å². The van der Waals surface area contributed by atoms with E-state index < -0.39 is 34.8 Å². The highest BCUT2D eigenvalue weighted by Gasteiger charge is 2.38. The molecule has 3 rings (SSSR count). The molecular formula is C18H18ClFN2O4S. The molecule has 1 fully saturated rings. The third-order valence-corrected chi connectivity index (χ3v) is 6.33. The Hall–Kier alpha value is -1.84. The molecule has 0 aromatic heterocycles. The van der Waals surface area contributed by atoms with E-state index in [4.69, 9.17) is 11.6 Å². The van der Waals surface area contributed by atoms with Gasteiger partial charge in [0.15, 0.2) is 15.3 Å². The molecule has 2 aromatic carbocycles. The van der Waals surface area contributed by atoms with Crippen molar-refractivity contribution in [3.05, 3.63) is 64.9 Å². The number of carbonyl (C=O) groups is 1. The highest BCUT2D eigenvalue weighted by atomic mass is 35.5. The van der Waals surface area contributed by atoms with Gasteiger partial charge in [0.05, 0.1) is 12.6 Å². The first-order valence-corrected chi connectivity index (χ1v) is 10.0. The number of aliphatic hydroxyl groups excluding tert-OH is 1. The van der Waals surface area contributed by atoms with Crippen molar-refractivity contribution >= 4 is 27.9 Å². The van der Waals surface area contributed by atoms with Crippen molar-refractivity contribution in [1.29, 1.82) is 0 Å². The maximum Gasteiger partial charge on any atom is 0.241 e. The second-order valence-electron chi connectivity index (χ2n) is 6.31. The summed E-state index contributed by atoms with van der Waals surface area (Å²) in [7, 11) is -4.03. The summed E-state index contributed by atoms with van der Waals surface area (Å²) in [6, 6.07) is 11.3. The minimum absolute atomic E-state index is 0.0108. The predicted octanol–water partition coefficient (Wildman–Crippen LogP) is 2.09. The zero-order valence-electron chi connectivity index (χ0n) is 14.3. The SMILES string of the molecule is O=C1CN([S+](=O)([O-])c2ccc(F)cc2)CC(O)CN1Cc1ccc(Cl)cc1. The van der Waals surface area contributed by atoms with Gasteiger partial charge in [-0.05, 0) is 42.0 Å². The number of rotatable bonds is 4. The summed E-state index contributed by atoms with van der Waals surface area (Å²) in [4.78, 5) is 13.9. The largest absolute Gasteiger partial charge is 0.593 e. The van der Waals surface area contributed by atoms with Gasteiger partial charge in [-0.2, -0.15) is 0 Å². The zero-order chi connectivity index (χ0) is 19.6. The summed E-state index contributed by atoms with van der Waals surface area (Å²) in [6.07, 6.45) is -1.04. The number of hydrogen-bond acceptors (Lipinski definition) is 4. The van der Waals surface area contributed by atoms with E-state index in [9.17, 15) is 23.1 Å². The van der Waals surface area contributed by atoms with Gasteiger partial charge in [0, 0.05) is 18.1 Å². The van der Waals surface area contributed by atoms with Crippen LogP contribution in [0.25, 0.3) is 0 Å². The molecule has 0 bridgehead atoms. The molecule has 144 valence electrons. The summed E-state index contributed by atoms with van der Waals surface area (Å²) in [5, 5.41) is 10.8. The van der Waals surface area contributed by atoms with Crippen LogP contribution in [0, 0.1) is 5.82 Å². The molecular weight excluding hydrogens is 395 g/mol. The Morgan fingerprint density at radius 2 is 1.78 bits per heavy atom. The van der Waals surface area contributed by atoms with Crippen LogP contribution in [0.15, 0.2) is 53.4 Å². The van der Waals surface area contributed by atoms with E-state index in [0.29, 0.717) is 5.02 Å². The summed E-state index contributed by atoms with van der Waals surface area (Å²) in [6.45, 7) is -0.374. The van der Waals surface area contributed by atoms with Gasteiger partial charge in [0.1, 0.15) is 12.4 Å².